The molecule has 4 nitrogen and oxygen atoms in total. The van der Waals surface area contributed by atoms with E-state index < -0.39 is 5.97 Å². The molecule has 0 radical (unpaired) electrons. The molecule has 4 heteroatoms. The summed E-state index contributed by atoms with van der Waals surface area (Å²) in [5, 5.41) is 7.89. The highest BCUT2D eigenvalue weighted by atomic mass is 16.6. The molecule has 0 saturated heterocycles. The van der Waals surface area contributed by atoms with Crippen molar-refractivity contribution >= 4 is 11.9 Å². The number of hydrogen-bond acceptors (Lipinski definition) is 3. The quantitative estimate of drug-likeness (QED) is 0.631. The second-order valence-corrected chi connectivity index (χ2v) is 7.72. The Morgan fingerprint density at radius 1 is 1.04 bits per heavy atom. The fourth-order valence-electron chi connectivity index (χ4n) is 4.67. The summed E-state index contributed by atoms with van der Waals surface area (Å²) in [5.41, 5.74) is 0.563. The van der Waals surface area contributed by atoms with Crippen LogP contribution in [0.5, 0.6) is 0 Å². The van der Waals surface area contributed by atoms with E-state index in [2.05, 4.69) is 20.1 Å². The molecule has 4 fully saturated rings. The van der Waals surface area contributed by atoms with Gasteiger partial charge in [-0.05, 0) is 69.6 Å². The molecule has 0 aromatic carbocycles. The highest BCUT2D eigenvalue weighted by molar-refractivity contribution is 5.87. The summed E-state index contributed by atoms with van der Waals surface area (Å²) >= 11 is 0. The van der Waals surface area contributed by atoms with Gasteiger partial charge in [0.2, 0.25) is 0 Å². The Balaban J connectivity index is 0.000000277. The molecule has 4 aliphatic carbocycles. The van der Waals surface area contributed by atoms with Crippen molar-refractivity contribution < 1.29 is 19.4 Å². The third kappa shape index (κ3) is 3.67. The highest BCUT2D eigenvalue weighted by Gasteiger charge is 2.57. The maximum absolute atomic E-state index is 11.9. The third-order valence-corrected chi connectivity index (χ3v) is 5.75. The van der Waals surface area contributed by atoms with E-state index in [0.29, 0.717) is 11.5 Å². The topological polar surface area (TPSA) is 63.6 Å². The zero-order chi connectivity index (χ0) is 17.4. The Hall–Kier alpha value is -1.58. The van der Waals surface area contributed by atoms with Crippen LogP contribution in [-0.4, -0.2) is 22.6 Å². The molecule has 0 aromatic rings. The molecule has 4 rings (SSSR count). The van der Waals surface area contributed by atoms with Crippen molar-refractivity contribution in [3.05, 3.63) is 24.3 Å². The summed E-state index contributed by atoms with van der Waals surface area (Å²) in [6.45, 7) is 12.3. The van der Waals surface area contributed by atoms with Crippen molar-refractivity contribution in [1.82, 2.24) is 0 Å². The summed E-state index contributed by atoms with van der Waals surface area (Å²) in [7, 11) is 0. The van der Waals surface area contributed by atoms with Gasteiger partial charge in [-0.2, -0.15) is 0 Å². The lowest BCUT2D eigenvalue weighted by Gasteiger charge is -2.59. The van der Waals surface area contributed by atoms with Crippen molar-refractivity contribution in [3.8, 4) is 0 Å². The van der Waals surface area contributed by atoms with Crippen molar-refractivity contribution in [1.29, 1.82) is 0 Å². The number of carboxylic acid groups (broad SMARTS) is 1. The second kappa shape index (κ2) is 6.50. The second-order valence-electron chi connectivity index (χ2n) is 7.72. The van der Waals surface area contributed by atoms with Crippen LogP contribution in [0.4, 0.5) is 0 Å². The minimum Gasteiger partial charge on any atom is -0.478 e. The fraction of sp³-hybridized carbons (Fsp3) is 0.684. The first-order valence-electron chi connectivity index (χ1n) is 8.42. The van der Waals surface area contributed by atoms with Crippen LogP contribution in [0.3, 0.4) is 0 Å². The Kier molecular flexibility index (Phi) is 5.02. The molecule has 0 aromatic heterocycles. The molecule has 4 aliphatic rings. The average molecular weight is 320 g/mol. The maximum Gasteiger partial charge on any atom is 0.333 e. The van der Waals surface area contributed by atoms with Crippen molar-refractivity contribution in [2.75, 3.05) is 0 Å². The molecule has 0 aliphatic heterocycles. The van der Waals surface area contributed by atoms with E-state index in [4.69, 9.17) is 9.84 Å². The molecular weight excluding hydrogens is 292 g/mol. The lowest BCUT2D eigenvalue weighted by atomic mass is 9.50. The van der Waals surface area contributed by atoms with E-state index >= 15 is 0 Å². The van der Waals surface area contributed by atoms with Crippen LogP contribution in [0.25, 0.3) is 0 Å². The van der Waals surface area contributed by atoms with Gasteiger partial charge in [-0.15, -0.1) is 0 Å². The standard InChI is InChI=1S/C15H22O2.C4H6O2/c1-9(2)14(16)17-15-7-11-4-12(8-15)6-13(5-11)10(15)3;1-3(2)4(5)6/h10-13H,1,4-8H2,2-3H3;1H2,2H3,(H,5,6). The van der Waals surface area contributed by atoms with Crippen LogP contribution in [0.2, 0.25) is 0 Å². The zero-order valence-corrected chi connectivity index (χ0v) is 14.4. The van der Waals surface area contributed by atoms with Crippen molar-refractivity contribution in [3.63, 3.8) is 0 Å². The summed E-state index contributed by atoms with van der Waals surface area (Å²) in [6, 6.07) is 0. The molecule has 0 spiro atoms. The zero-order valence-electron chi connectivity index (χ0n) is 14.4. The van der Waals surface area contributed by atoms with Gasteiger partial charge in [0.15, 0.2) is 0 Å². The number of carboxylic acids is 1. The first kappa shape index (κ1) is 17.8. The molecule has 4 saturated carbocycles. The van der Waals surface area contributed by atoms with Crippen molar-refractivity contribution in [2.45, 2.75) is 58.5 Å². The molecular formula is C19H28O4. The fourth-order valence-corrected chi connectivity index (χ4v) is 4.67. The van der Waals surface area contributed by atoms with Crippen LogP contribution in [-0.2, 0) is 14.3 Å². The molecule has 128 valence electrons. The number of rotatable bonds is 3. The van der Waals surface area contributed by atoms with E-state index in [1.807, 2.05) is 0 Å². The van der Waals surface area contributed by atoms with Gasteiger partial charge >= 0.3 is 11.9 Å². The van der Waals surface area contributed by atoms with Gasteiger partial charge in [0.05, 0.1) is 0 Å². The Morgan fingerprint density at radius 2 is 1.52 bits per heavy atom. The molecule has 1 N–H and O–H groups in total. The van der Waals surface area contributed by atoms with Gasteiger partial charge in [-0.25, -0.2) is 9.59 Å². The predicted molar refractivity (Wildman–Crippen MR) is 88.8 cm³/mol. The average Bonchev–Trinajstić information content (AvgIpc) is 2.44. The van der Waals surface area contributed by atoms with E-state index in [-0.39, 0.29) is 17.1 Å². The normalized spacial score (nSPS) is 36.7. The van der Waals surface area contributed by atoms with E-state index in [0.717, 1.165) is 30.6 Å². The summed E-state index contributed by atoms with van der Waals surface area (Å²) < 4.78 is 5.89. The van der Waals surface area contributed by atoms with E-state index in [9.17, 15) is 9.59 Å². The first-order chi connectivity index (χ1) is 10.6. The van der Waals surface area contributed by atoms with E-state index in [1.165, 1.54) is 26.2 Å². The molecule has 0 heterocycles. The van der Waals surface area contributed by atoms with Crippen LogP contribution in [0, 0.1) is 23.7 Å². The minimum absolute atomic E-state index is 0.148. The van der Waals surface area contributed by atoms with Gasteiger partial charge in [0.25, 0.3) is 0 Å². The summed E-state index contributed by atoms with van der Waals surface area (Å²) in [6.07, 6.45) is 6.30. The Bertz CT molecular complexity index is 507. The SMILES string of the molecule is C=C(C)C(=O)O.C=C(C)C(=O)OC12CC3CC(CC(C3)C1C)C2. The largest absolute Gasteiger partial charge is 0.478 e. The Morgan fingerprint density at radius 3 is 1.91 bits per heavy atom. The van der Waals surface area contributed by atoms with Gasteiger partial charge in [-0.3, -0.25) is 0 Å². The minimum atomic E-state index is -0.935. The van der Waals surface area contributed by atoms with Gasteiger partial charge < -0.3 is 9.84 Å². The molecule has 3 atom stereocenters. The molecule has 0 amide bonds. The van der Waals surface area contributed by atoms with Gasteiger partial charge in [0.1, 0.15) is 5.60 Å². The number of ether oxygens (including phenoxy) is 1. The van der Waals surface area contributed by atoms with Crippen LogP contribution in [0.1, 0.15) is 52.9 Å². The Labute approximate surface area is 138 Å². The van der Waals surface area contributed by atoms with Crippen LogP contribution < -0.4 is 0 Å². The third-order valence-electron chi connectivity index (χ3n) is 5.75. The lowest BCUT2D eigenvalue weighted by Crippen LogP contribution is -2.58. The number of carbonyl (C=O) groups is 2. The first-order valence-corrected chi connectivity index (χ1v) is 8.42. The van der Waals surface area contributed by atoms with E-state index in [1.54, 1.807) is 6.92 Å². The number of esters is 1. The monoisotopic (exact) mass is 320 g/mol. The highest BCUT2D eigenvalue weighted by Crippen LogP contribution is 2.59. The molecule has 3 unspecified atom stereocenters. The van der Waals surface area contributed by atoms with Gasteiger partial charge in [0, 0.05) is 11.1 Å². The summed E-state index contributed by atoms with van der Waals surface area (Å²) in [5.74, 6) is 1.83. The summed E-state index contributed by atoms with van der Waals surface area (Å²) in [4.78, 5) is 21.5. The lowest BCUT2D eigenvalue weighted by molar-refractivity contribution is -0.201. The smallest absolute Gasteiger partial charge is 0.333 e. The molecule has 23 heavy (non-hydrogen) atoms. The van der Waals surface area contributed by atoms with Gasteiger partial charge in [-0.1, -0.05) is 20.1 Å². The predicted octanol–water partition coefficient (Wildman–Crippen LogP) is 3.97. The number of hydrogen-bond donors (Lipinski definition) is 1. The number of aliphatic carboxylic acids is 1. The van der Waals surface area contributed by atoms with Crippen molar-refractivity contribution in [2.24, 2.45) is 23.7 Å². The molecule has 4 bridgehead atoms. The van der Waals surface area contributed by atoms with Crippen LogP contribution in [0.15, 0.2) is 24.3 Å². The van der Waals surface area contributed by atoms with Crippen LogP contribution >= 0.6 is 0 Å². The number of carbonyl (C=O) groups excluding carboxylic acids is 1. The maximum atomic E-state index is 11.9.